The van der Waals surface area contributed by atoms with Crippen LogP contribution in [0.5, 0.6) is 28.7 Å². The molecule has 20 nitrogen and oxygen atoms in total. The number of phenols is 4. The zero-order valence-electron chi connectivity index (χ0n) is 27.1. The number of benzene rings is 2. The second-order valence-electron chi connectivity index (χ2n) is 12.8. The Labute approximate surface area is 292 Å². The molecular formula is C32H38O20. The summed E-state index contributed by atoms with van der Waals surface area (Å²) in [7, 11) is 0. The summed E-state index contributed by atoms with van der Waals surface area (Å²) < 4.78 is 39.7. The van der Waals surface area contributed by atoms with E-state index in [-0.39, 0.29) is 11.1 Å². The second-order valence-corrected chi connectivity index (χ2v) is 12.8. The van der Waals surface area contributed by atoms with E-state index >= 15 is 0 Å². The topological polar surface area (TPSA) is 328 Å². The van der Waals surface area contributed by atoms with Gasteiger partial charge in [-0.3, -0.25) is 4.79 Å². The van der Waals surface area contributed by atoms with E-state index in [1.165, 1.54) is 13.0 Å². The minimum Gasteiger partial charge on any atom is -0.508 e. The van der Waals surface area contributed by atoms with Crippen LogP contribution in [0.4, 0.5) is 0 Å². The van der Waals surface area contributed by atoms with Gasteiger partial charge in [0.15, 0.2) is 35.9 Å². The largest absolute Gasteiger partial charge is 0.508 e. The molecule has 13 unspecified atom stereocenters. The Balaban J connectivity index is 1.39. The van der Waals surface area contributed by atoms with Crippen molar-refractivity contribution < 1.29 is 94.1 Å². The van der Waals surface area contributed by atoms with Crippen LogP contribution in [0.3, 0.4) is 0 Å². The zero-order valence-corrected chi connectivity index (χ0v) is 27.1. The van der Waals surface area contributed by atoms with Crippen molar-refractivity contribution in [3.63, 3.8) is 0 Å². The maximum Gasteiger partial charge on any atom is 0.239 e. The standard InChI is InChI=1S/C32H38O20/c1-10-19(38)22(41)24(43)29(48-10)46-7-17-20(39)23(42)27(52-31-28(44)32(45,8-33)9-47-31)30(50-17)51-26-21(40)18-15(37)5-12(34)6-16(18)49-25(26)11-2-3-13(35)14(36)4-11/h2-6,10,17,19-20,22-24,27-31,33-39,41-45H,7-9H2,1H3. The molecule has 0 aliphatic carbocycles. The highest BCUT2D eigenvalue weighted by atomic mass is 16.8. The minimum absolute atomic E-state index is 0.0956. The zero-order chi connectivity index (χ0) is 37.8. The lowest BCUT2D eigenvalue weighted by atomic mass is 9.97. The third-order valence-corrected chi connectivity index (χ3v) is 9.14. The quantitative estimate of drug-likeness (QED) is 0.0959. The third kappa shape index (κ3) is 6.85. The van der Waals surface area contributed by atoms with Crippen molar-refractivity contribution in [2.24, 2.45) is 0 Å². The molecule has 0 amide bonds. The van der Waals surface area contributed by atoms with Crippen LogP contribution in [0.15, 0.2) is 39.5 Å². The Hall–Kier alpha value is -3.87. The summed E-state index contributed by atoms with van der Waals surface area (Å²) in [6.07, 6.45) is -20.6. The fourth-order valence-corrected chi connectivity index (χ4v) is 6.03. The van der Waals surface area contributed by atoms with Gasteiger partial charge in [-0.2, -0.15) is 0 Å². The van der Waals surface area contributed by atoms with Gasteiger partial charge in [-0.25, -0.2) is 0 Å². The average Bonchev–Trinajstić information content (AvgIpc) is 3.39. The number of phenolic OH excluding ortho intramolecular Hbond substituents is 4. The van der Waals surface area contributed by atoms with Gasteiger partial charge in [0.25, 0.3) is 0 Å². The summed E-state index contributed by atoms with van der Waals surface area (Å²) >= 11 is 0. The highest BCUT2D eigenvalue weighted by Crippen LogP contribution is 2.40. The van der Waals surface area contributed by atoms with Crippen LogP contribution in [-0.2, 0) is 23.7 Å². The Morgan fingerprint density at radius 3 is 2.23 bits per heavy atom. The molecule has 3 aliphatic rings. The third-order valence-electron chi connectivity index (χ3n) is 9.14. The molecule has 3 aliphatic heterocycles. The van der Waals surface area contributed by atoms with Crippen LogP contribution in [-0.4, -0.2) is 161 Å². The fraction of sp³-hybridized carbons (Fsp3) is 0.531. The molecule has 6 rings (SSSR count). The number of hydrogen-bond acceptors (Lipinski definition) is 20. The van der Waals surface area contributed by atoms with Gasteiger partial charge in [0.05, 0.1) is 25.9 Å². The molecule has 3 aromatic rings. The predicted molar refractivity (Wildman–Crippen MR) is 167 cm³/mol. The molecule has 4 heterocycles. The maximum atomic E-state index is 14.0. The molecule has 2 aromatic carbocycles. The molecule has 1 aromatic heterocycles. The molecule has 52 heavy (non-hydrogen) atoms. The molecule has 3 fully saturated rings. The number of fused-ring (bicyclic) bond motifs is 1. The van der Waals surface area contributed by atoms with Crippen LogP contribution in [0.25, 0.3) is 22.3 Å². The van der Waals surface area contributed by atoms with Crippen LogP contribution in [0.1, 0.15) is 6.92 Å². The molecule has 13 atom stereocenters. The van der Waals surface area contributed by atoms with E-state index in [9.17, 15) is 66.1 Å². The first-order valence-corrected chi connectivity index (χ1v) is 15.9. The lowest BCUT2D eigenvalue weighted by Gasteiger charge is -2.44. The Bertz CT molecular complexity index is 1820. The van der Waals surface area contributed by atoms with Crippen molar-refractivity contribution in [3.05, 3.63) is 40.6 Å². The van der Waals surface area contributed by atoms with E-state index in [4.69, 9.17) is 32.8 Å². The van der Waals surface area contributed by atoms with Crippen LogP contribution < -0.4 is 10.2 Å². The summed E-state index contributed by atoms with van der Waals surface area (Å²) in [6.45, 7) is -0.880. The Morgan fingerprint density at radius 1 is 0.827 bits per heavy atom. The van der Waals surface area contributed by atoms with E-state index in [1.54, 1.807) is 0 Å². The Morgan fingerprint density at radius 2 is 1.56 bits per heavy atom. The number of aliphatic hydroxyl groups is 8. The minimum atomic E-state index is -2.19. The molecule has 12 N–H and O–H groups in total. The van der Waals surface area contributed by atoms with Crippen molar-refractivity contribution in [3.8, 4) is 40.1 Å². The van der Waals surface area contributed by atoms with Crippen molar-refractivity contribution in [2.75, 3.05) is 19.8 Å². The van der Waals surface area contributed by atoms with Gasteiger partial charge in [-0.05, 0) is 25.1 Å². The molecule has 3 saturated heterocycles. The summed E-state index contributed by atoms with van der Waals surface area (Å²) in [6, 6.07) is 5.08. The molecule has 0 radical (unpaired) electrons. The first-order valence-electron chi connectivity index (χ1n) is 15.9. The molecule has 20 heteroatoms. The van der Waals surface area contributed by atoms with Gasteiger partial charge in [-0.15, -0.1) is 0 Å². The van der Waals surface area contributed by atoms with Gasteiger partial charge in [0.2, 0.25) is 17.5 Å². The number of aliphatic hydroxyl groups excluding tert-OH is 7. The highest BCUT2D eigenvalue weighted by molar-refractivity contribution is 5.88. The first-order chi connectivity index (χ1) is 24.5. The first kappa shape index (κ1) is 37.9. The van der Waals surface area contributed by atoms with E-state index in [1.807, 2.05) is 0 Å². The normalized spacial score (nSPS) is 36.6. The van der Waals surface area contributed by atoms with E-state index in [2.05, 4.69) is 0 Å². The molecule has 0 saturated carbocycles. The number of hydrogen-bond donors (Lipinski definition) is 12. The van der Waals surface area contributed by atoms with Crippen molar-refractivity contribution in [2.45, 2.75) is 86.3 Å². The van der Waals surface area contributed by atoms with Gasteiger partial charge in [0, 0.05) is 17.7 Å². The molecule has 0 spiro atoms. The summed E-state index contributed by atoms with van der Waals surface area (Å²) in [5.41, 5.74) is -3.73. The van der Waals surface area contributed by atoms with Crippen LogP contribution in [0.2, 0.25) is 0 Å². The van der Waals surface area contributed by atoms with E-state index in [0.717, 1.165) is 24.3 Å². The van der Waals surface area contributed by atoms with Gasteiger partial charge < -0.3 is 94.1 Å². The second kappa shape index (κ2) is 14.5. The SMILES string of the molecule is CC1OC(OCC2OC(Oc3c(-c4ccc(O)c(O)c4)oc4cc(O)cc(O)c4c3=O)C(OC3OCC(O)(CO)C3O)C(O)C2O)C(O)C(O)C1O. The monoisotopic (exact) mass is 742 g/mol. The lowest BCUT2D eigenvalue weighted by Crippen LogP contribution is -2.63. The highest BCUT2D eigenvalue weighted by Gasteiger charge is 2.54. The van der Waals surface area contributed by atoms with Crippen molar-refractivity contribution in [1.82, 2.24) is 0 Å². The Kier molecular flexibility index (Phi) is 10.6. The number of rotatable bonds is 9. The summed E-state index contributed by atoms with van der Waals surface area (Å²) in [5.74, 6) is -3.68. The molecule has 286 valence electrons. The lowest BCUT2D eigenvalue weighted by molar-refractivity contribution is -0.335. The number of ether oxygens (including phenoxy) is 6. The molecule has 0 bridgehead atoms. The fourth-order valence-electron chi connectivity index (χ4n) is 6.03. The molecular weight excluding hydrogens is 704 g/mol. The average molecular weight is 743 g/mol. The summed E-state index contributed by atoms with van der Waals surface area (Å²) in [4.78, 5) is 14.0. The predicted octanol–water partition coefficient (Wildman–Crippen LogP) is -3.22. The van der Waals surface area contributed by atoms with E-state index in [0.29, 0.717) is 0 Å². The smallest absolute Gasteiger partial charge is 0.239 e. The van der Waals surface area contributed by atoms with Crippen molar-refractivity contribution >= 4 is 11.0 Å². The van der Waals surface area contributed by atoms with Crippen LogP contribution >= 0.6 is 0 Å². The number of aromatic hydroxyl groups is 4. The van der Waals surface area contributed by atoms with E-state index < -0.39 is 145 Å². The van der Waals surface area contributed by atoms with Gasteiger partial charge in [-0.1, -0.05) is 0 Å². The van der Waals surface area contributed by atoms with Crippen molar-refractivity contribution in [1.29, 1.82) is 0 Å². The maximum absolute atomic E-state index is 14.0. The summed E-state index contributed by atoms with van der Waals surface area (Å²) in [5, 5.41) is 124. The van der Waals surface area contributed by atoms with Gasteiger partial charge in [0.1, 0.15) is 70.8 Å². The van der Waals surface area contributed by atoms with Gasteiger partial charge >= 0.3 is 0 Å². The van der Waals surface area contributed by atoms with Crippen LogP contribution in [0, 0.1) is 0 Å².